The highest BCUT2D eigenvalue weighted by Gasteiger charge is 2.53. The van der Waals surface area contributed by atoms with E-state index in [9.17, 15) is 8.42 Å². The number of rotatable bonds is 3. The quantitative estimate of drug-likeness (QED) is 0.821. The van der Waals surface area contributed by atoms with E-state index in [1.165, 1.54) is 5.56 Å². The van der Waals surface area contributed by atoms with Gasteiger partial charge in [-0.15, -0.1) is 0 Å². The van der Waals surface area contributed by atoms with E-state index in [0.717, 1.165) is 19.3 Å². The third kappa shape index (κ3) is 3.08. The third-order valence-corrected chi connectivity index (χ3v) is 7.43. The predicted molar refractivity (Wildman–Crippen MR) is 93.9 cm³/mol. The van der Waals surface area contributed by atoms with Gasteiger partial charge in [-0.3, -0.25) is 0 Å². The largest absolute Gasteiger partial charge is 0.243 e. The maximum Gasteiger partial charge on any atom is 0.243 e. The minimum Gasteiger partial charge on any atom is -0.207 e. The maximum absolute atomic E-state index is 13.1. The van der Waals surface area contributed by atoms with Crippen LogP contribution in [0.1, 0.15) is 65.4 Å². The number of fused-ring (bicyclic) bond motifs is 2. The van der Waals surface area contributed by atoms with E-state index in [0.29, 0.717) is 17.4 Å². The Hall–Kier alpha value is -0.870. The lowest BCUT2D eigenvalue weighted by Gasteiger charge is -2.39. The lowest BCUT2D eigenvalue weighted by atomic mass is 9.65. The smallest absolute Gasteiger partial charge is 0.207 e. The first-order valence-electron chi connectivity index (χ1n) is 8.64. The van der Waals surface area contributed by atoms with Gasteiger partial charge in [0.1, 0.15) is 0 Å². The van der Waals surface area contributed by atoms with Gasteiger partial charge in [0, 0.05) is 12.6 Å². The molecule has 4 heteroatoms. The molecule has 3 nitrogen and oxygen atoms in total. The molecule has 0 radical (unpaired) electrons. The van der Waals surface area contributed by atoms with E-state index in [4.69, 9.17) is 0 Å². The third-order valence-electron chi connectivity index (χ3n) is 5.52. The van der Waals surface area contributed by atoms with Gasteiger partial charge >= 0.3 is 0 Å². The minimum atomic E-state index is -3.39. The van der Waals surface area contributed by atoms with Gasteiger partial charge in [-0.1, -0.05) is 46.8 Å². The summed E-state index contributed by atoms with van der Waals surface area (Å²) in [4.78, 5) is 0.441. The van der Waals surface area contributed by atoms with Crippen LogP contribution in [0.25, 0.3) is 0 Å². The van der Waals surface area contributed by atoms with Crippen LogP contribution in [0.4, 0.5) is 0 Å². The van der Waals surface area contributed by atoms with E-state index in [1.807, 2.05) is 12.1 Å². The normalized spacial score (nSPS) is 30.8. The Labute approximate surface area is 141 Å². The first kappa shape index (κ1) is 17.0. The zero-order valence-electron chi connectivity index (χ0n) is 15.0. The predicted octanol–water partition coefficient (Wildman–Crippen LogP) is 4.40. The summed E-state index contributed by atoms with van der Waals surface area (Å²) < 4.78 is 28.1. The SMILES string of the molecule is CC(C)c1ccc(S(=O)(=O)N2CC3(C)CC2CC(C)(C)C3)cc1. The van der Waals surface area contributed by atoms with Crippen LogP contribution in [0.2, 0.25) is 0 Å². The van der Waals surface area contributed by atoms with Crippen molar-refractivity contribution in [2.24, 2.45) is 10.8 Å². The highest BCUT2D eigenvalue weighted by Crippen LogP contribution is 2.53. The fourth-order valence-electron chi connectivity index (χ4n) is 4.85. The molecule has 0 aromatic heterocycles. The van der Waals surface area contributed by atoms with Crippen LogP contribution in [0.5, 0.6) is 0 Å². The van der Waals surface area contributed by atoms with Crippen LogP contribution in [0, 0.1) is 10.8 Å². The molecule has 0 spiro atoms. The maximum atomic E-state index is 13.1. The van der Waals surface area contributed by atoms with Crippen molar-refractivity contribution in [1.29, 1.82) is 0 Å². The van der Waals surface area contributed by atoms with Crippen molar-refractivity contribution in [3.63, 3.8) is 0 Å². The molecule has 1 aliphatic heterocycles. The van der Waals surface area contributed by atoms with Crippen LogP contribution >= 0.6 is 0 Å². The van der Waals surface area contributed by atoms with E-state index < -0.39 is 10.0 Å². The number of hydrogen-bond donors (Lipinski definition) is 0. The Morgan fingerprint density at radius 2 is 1.70 bits per heavy atom. The zero-order chi connectivity index (χ0) is 17.0. The summed E-state index contributed by atoms with van der Waals surface area (Å²) in [6.07, 6.45) is 3.07. The van der Waals surface area contributed by atoms with Crippen molar-refractivity contribution in [3.05, 3.63) is 29.8 Å². The summed E-state index contributed by atoms with van der Waals surface area (Å²) in [7, 11) is -3.39. The lowest BCUT2D eigenvalue weighted by molar-refractivity contribution is 0.133. The summed E-state index contributed by atoms with van der Waals surface area (Å²) >= 11 is 0. The topological polar surface area (TPSA) is 37.4 Å². The molecule has 2 atom stereocenters. The van der Waals surface area contributed by atoms with Gasteiger partial charge in [0.2, 0.25) is 10.0 Å². The van der Waals surface area contributed by atoms with Crippen molar-refractivity contribution < 1.29 is 8.42 Å². The summed E-state index contributed by atoms with van der Waals surface area (Å²) in [5.74, 6) is 0.414. The monoisotopic (exact) mass is 335 g/mol. The van der Waals surface area contributed by atoms with Gasteiger partial charge < -0.3 is 0 Å². The molecule has 23 heavy (non-hydrogen) atoms. The van der Waals surface area contributed by atoms with Crippen LogP contribution < -0.4 is 0 Å². The van der Waals surface area contributed by atoms with E-state index in [2.05, 4.69) is 34.6 Å². The molecular weight excluding hydrogens is 306 g/mol. The molecule has 1 heterocycles. The van der Waals surface area contributed by atoms with Crippen LogP contribution in [-0.4, -0.2) is 25.3 Å². The Balaban J connectivity index is 1.92. The van der Waals surface area contributed by atoms with Crippen molar-refractivity contribution in [2.45, 2.75) is 70.7 Å². The molecule has 2 unspecified atom stereocenters. The van der Waals surface area contributed by atoms with Crippen LogP contribution in [0.3, 0.4) is 0 Å². The number of sulfonamides is 1. The average Bonchev–Trinajstić information content (AvgIpc) is 2.68. The summed E-state index contributed by atoms with van der Waals surface area (Å²) in [5, 5.41) is 0. The molecule has 3 rings (SSSR count). The molecule has 128 valence electrons. The average molecular weight is 336 g/mol. The summed E-state index contributed by atoms with van der Waals surface area (Å²) in [6.45, 7) is 11.7. The number of hydrogen-bond acceptors (Lipinski definition) is 2. The van der Waals surface area contributed by atoms with Crippen LogP contribution in [0.15, 0.2) is 29.2 Å². The van der Waals surface area contributed by atoms with E-state index in [1.54, 1.807) is 16.4 Å². The Bertz CT molecular complexity index is 691. The Morgan fingerprint density at radius 1 is 1.09 bits per heavy atom. The van der Waals surface area contributed by atoms with Gasteiger partial charge in [0.15, 0.2) is 0 Å². The van der Waals surface area contributed by atoms with Crippen molar-refractivity contribution in [2.75, 3.05) is 6.54 Å². The highest BCUT2D eigenvalue weighted by atomic mass is 32.2. The van der Waals surface area contributed by atoms with Crippen molar-refractivity contribution in [1.82, 2.24) is 4.31 Å². The molecule has 2 fully saturated rings. The molecule has 1 aromatic carbocycles. The molecule has 2 bridgehead atoms. The Morgan fingerprint density at radius 3 is 2.26 bits per heavy atom. The molecule has 2 aliphatic rings. The van der Waals surface area contributed by atoms with Gasteiger partial charge in [0.05, 0.1) is 4.90 Å². The van der Waals surface area contributed by atoms with Crippen LogP contribution in [-0.2, 0) is 10.0 Å². The molecule has 1 aromatic rings. The second-order valence-corrected chi connectivity index (χ2v) is 10.9. The van der Waals surface area contributed by atoms with Crippen molar-refractivity contribution >= 4 is 10.0 Å². The summed E-state index contributed by atoms with van der Waals surface area (Å²) in [6, 6.07) is 7.61. The molecule has 0 amide bonds. The molecule has 1 aliphatic carbocycles. The molecule has 1 saturated heterocycles. The Kier molecular flexibility index (Phi) is 3.92. The fourth-order valence-corrected chi connectivity index (χ4v) is 6.62. The minimum absolute atomic E-state index is 0.122. The van der Waals surface area contributed by atoms with E-state index >= 15 is 0 Å². The first-order chi connectivity index (χ1) is 10.5. The lowest BCUT2D eigenvalue weighted by Crippen LogP contribution is -2.37. The van der Waals surface area contributed by atoms with Gasteiger partial charge in [-0.05, 0) is 53.7 Å². The fraction of sp³-hybridized carbons (Fsp3) is 0.684. The van der Waals surface area contributed by atoms with E-state index in [-0.39, 0.29) is 16.9 Å². The zero-order valence-corrected chi connectivity index (χ0v) is 15.8. The van der Waals surface area contributed by atoms with Gasteiger partial charge in [-0.25, -0.2) is 8.42 Å². The summed E-state index contributed by atoms with van der Waals surface area (Å²) in [5.41, 5.74) is 1.53. The standard InChI is InChI=1S/C19H29NO2S/c1-14(2)15-6-8-17(9-7-15)23(21,22)20-13-19(5)11-16(20)10-18(3,4)12-19/h6-9,14,16H,10-13H2,1-5H3. The number of nitrogens with zero attached hydrogens (tertiary/aromatic N) is 1. The second kappa shape index (κ2) is 5.32. The number of benzene rings is 1. The molecular formula is C19H29NO2S. The van der Waals surface area contributed by atoms with Gasteiger partial charge in [-0.2, -0.15) is 4.31 Å². The van der Waals surface area contributed by atoms with Crippen molar-refractivity contribution in [3.8, 4) is 0 Å². The first-order valence-corrected chi connectivity index (χ1v) is 10.1. The highest BCUT2D eigenvalue weighted by molar-refractivity contribution is 7.89. The second-order valence-electron chi connectivity index (χ2n) is 8.99. The van der Waals surface area contributed by atoms with Gasteiger partial charge in [0.25, 0.3) is 0 Å². The molecule has 0 N–H and O–H groups in total. The molecule has 1 saturated carbocycles.